The van der Waals surface area contributed by atoms with Crippen LogP contribution in [0.5, 0.6) is 0 Å². The Morgan fingerprint density at radius 2 is 1.85 bits per heavy atom. The number of aryl methyl sites for hydroxylation is 1. The number of rotatable bonds is 5. The Morgan fingerprint density at radius 3 is 2.55 bits per heavy atom. The smallest absolute Gasteiger partial charge is 0.253 e. The molecule has 1 aliphatic rings. The van der Waals surface area contributed by atoms with Crippen molar-refractivity contribution in [2.45, 2.75) is 26.2 Å². The zero-order valence-corrected chi connectivity index (χ0v) is 18.3. The lowest BCUT2D eigenvalue weighted by Gasteiger charge is -2.31. The minimum atomic E-state index is -0.383. The largest absolute Gasteiger partial charge is 0.339 e. The molecule has 2 amide bonds. The number of piperidine rings is 1. The number of amides is 2. The molecular formula is C25H25FN4O3. The Kier molecular flexibility index (Phi) is 6.63. The quantitative estimate of drug-likeness (QED) is 0.623. The molecule has 2 aromatic carbocycles. The van der Waals surface area contributed by atoms with Crippen LogP contribution in [0.1, 0.15) is 35.8 Å². The standard InChI is InChI=1S/C25H25FN4O3/c1-2-20-15-22(31)29-23(27-20)18-4-3-5-21(14-18)28-24(32)16-10-12-30(13-11-16)25(33)17-6-8-19(26)9-7-17/h3-9,14-16H,2,10-13H2,1H3,(H,28,32)(H,27,29,31). The zero-order chi connectivity index (χ0) is 23.4. The molecule has 0 radical (unpaired) electrons. The Balaban J connectivity index is 1.38. The molecule has 4 rings (SSSR count). The molecule has 0 aliphatic carbocycles. The molecule has 0 bridgehead atoms. The van der Waals surface area contributed by atoms with E-state index in [1.807, 2.05) is 13.0 Å². The van der Waals surface area contributed by atoms with E-state index < -0.39 is 0 Å². The fraction of sp³-hybridized carbons (Fsp3) is 0.280. The minimum absolute atomic E-state index is 0.107. The van der Waals surface area contributed by atoms with Crippen LogP contribution < -0.4 is 10.9 Å². The maximum absolute atomic E-state index is 13.1. The van der Waals surface area contributed by atoms with Crippen molar-refractivity contribution in [3.8, 4) is 11.4 Å². The van der Waals surface area contributed by atoms with Gasteiger partial charge in [-0.25, -0.2) is 9.37 Å². The molecule has 3 aromatic rings. The minimum Gasteiger partial charge on any atom is -0.339 e. The number of nitrogens with zero attached hydrogens (tertiary/aromatic N) is 2. The van der Waals surface area contributed by atoms with E-state index in [2.05, 4.69) is 15.3 Å². The number of likely N-dealkylation sites (tertiary alicyclic amines) is 1. The molecule has 0 atom stereocenters. The molecule has 1 fully saturated rings. The Hall–Kier alpha value is -3.81. The predicted molar refractivity (Wildman–Crippen MR) is 123 cm³/mol. The van der Waals surface area contributed by atoms with E-state index in [-0.39, 0.29) is 29.1 Å². The summed E-state index contributed by atoms with van der Waals surface area (Å²) in [4.78, 5) is 46.2. The first-order valence-corrected chi connectivity index (χ1v) is 11.0. The molecule has 0 saturated carbocycles. The number of anilines is 1. The third kappa shape index (κ3) is 5.34. The van der Waals surface area contributed by atoms with Gasteiger partial charge in [0.05, 0.1) is 0 Å². The summed E-state index contributed by atoms with van der Waals surface area (Å²) in [5, 5.41) is 2.94. The van der Waals surface area contributed by atoms with Gasteiger partial charge in [0.25, 0.3) is 11.5 Å². The molecule has 7 nitrogen and oxygen atoms in total. The van der Waals surface area contributed by atoms with Crippen LogP contribution in [0, 0.1) is 11.7 Å². The average molecular weight is 448 g/mol. The molecule has 1 aliphatic heterocycles. The summed E-state index contributed by atoms with van der Waals surface area (Å²) in [5.41, 5.74) is 2.25. The summed E-state index contributed by atoms with van der Waals surface area (Å²) < 4.78 is 13.1. The van der Waals surface area contributed by atoms with E-state index in [4.69, 9.17) is 0 Å². The number of hydrogen-bond donors (Lipinski definition) is 2. The molecular weight excluding hydrogens is 423 g/mol. The normalized spacial score (nSPS) is 14.2. The SMILES string of the molecule is CCc1cc(=O)[nH]c(-c2cccc(NC(=O)C3CCN(C(=O)c4ccc(F)cc4)CC3)c2)n1. The maximum Gasteiger partial charge on any atom is 0.253 e. The number of hydrogen-bond acceptors (Lipinski definition) is 4. The summed E-state index contributed by atoms with van der Waals surface area (Å²) >= 11 is 0. The summed E-state index contributed by atoms with van der Waals surface area (Å²) in [6.45, 7) is 2.85. The molecule has 2 N–H and O–H groups in total. The van der Waals surface area contributed by atoms with Crippen molar-refractivity contribution in [3.63, 3.8) is 0 Å². The fourth-order valence-electron chi connectivity index (χ4n) is 3.93. The van der Waals surface area contributed by atoms with E-state index >= 15 is 0 Å². The fourth-order valence-corrected chi connectivity index (χ4v) is 3.93. The number of nitrogens with one attached hydrogen (secondary N) is 2. The van der Waals surface area contributed by atoms with Gasteiger partial charge in [-0.15, -0.1) is 0 Å². The van der Waals surface area contributed by atoms with Gasteiger partial charge in [-0.1, -0.05) is 19.1 Å². The number of benzene rings is 2. The molecule has 33 heavy (non-hydrogen) atoms. The number of carbonyl (C=O) groups excluding carboxylic acids is 2. The van der Waals surface area contributed by atoms with Crippen LogP contribution in [0.15, 0.2) is 59.4 Å². The molecule has 0 unspecified atom stereocenters. The van der Waals surface area contributed by atoms with Crippen LogP contribution >= 0.6 is 0 Å². The highest BCUT2D eigenvalue weighted by Gasteiger charge is 2.28. The van der Waals surface area contributed by atoms with E-state index in [1.165, 1.54) is 30.3 Å². The molecule has 1 saturated heterocycles. The highest BCUT2D eigenvalue weighted by molar-refractivity contribution is 5.95. The van der Waals surface area contributed by atoms with Crippen molar-refractivity contribution >= 4 is 17.5 Å². The third-order valence-corrected chi connectivity index (χ3v) is 5.80. The third-order valence-electron chi connectivity index (χ3n) is 5.80. The number of halogens is 1. The first kappa shape index (κ1) is 22.4. The summed E-state index contributed by atoms with van der Waals surface area (Å²) in [6.07, 6.45) is 1.74. The van der Waals surface area contributed by atoms with Crippen molar-refractivity contribution in [1.82, 2.24) is 14.9 Å². The Morgan fingerprint density at radius 1 is 1.12 bits per heavy atom. The second-order valence-electron chi connectivity index (χ2n) is 8.08. The molecule has 170 valence electrons. The topological polar surface area (TPSA) is 95.2 Å². The van der Waals surface area contributed by atoms with Gasteiger partial charge in [0.15, 0.2) is 0 Å². The van der Waals surface area contributed by atoms with Crippen LogP contribution in [0.25, 0.3) is 11.4 Å². The van der Waals surface area contributed by atoms with Crippen LogP contribution in [-0.2, 0) is 11.2 Å². The van der Waals surface area contributed by atoms with Crippen molar-refractivity contribution in [2.24, 2.45) is 5.92 Å². The number of H-pyrrole nitrogens is 1. The molecule has 0 spiro atoms. The first-order valence-electron chi connectivity index (χ1n) is 11.0. The van der Waals surface area contributed by atoms with Crippen molar-refractivity contribution < 1.29 is 14.0 Å². The van der Waals surface area contributed by atoms with Gasteiger partial charge >= 0.3 is 0 Å². The van der Waals surface area contributed by atoms with Crippen LogP contribution in [0.4, 0.5) is 10.1 Å². The highest BCUT2D eigenvalue weighted by Crippen LogP contribution is 2.23. The Labute approximate surface area is 190 Å². The number of aromatic nitrogens is 2. The van der Waals surface area contributed by atoms with Gasteiger partial charge in [-0.05, 0) is 55.7 Å². The summed E-state index contributed by atoms with van der Waals surface area (Å²) in [7, 11) is 0. The van der Waals surface area contributed by atoms with Crippen LogP contribution in [0.3, 0.4) is 0 Å². The number of carbonyl (C=O) groups is 2. The second-order valence-corrected chi connectivity index (χ2v) is 8.08. The lowest BCUT2D eigenvalue weighted by Crippen LogP contribution is -2.41. The monoisotopic (exact) mass is 448 g/mol. The number of aromatic amines is 1. The van der Waals surface area contributed by atoms with Gasteiger partial charge < -0.3 is 15.2 Å². The lowest BCUT2D eigenvalue weighted by atomic mass is 9.95. The zero-order valence-electron chi connectivity index (χ0n) is 18.3. The molecule has 2 heterocycles. The van der Waals surface area contributed by atoms with Crippen molar-refractivity contribution in [2.75, 3.05) is 18.4 Å². The summed E-state index contributed by atoms with van der Waals surface area (Å²) in [6, 6.07) is 14.2. The van der Waals surface area contributed by atoms with E-state index in [0.717, 1.165) is 0 Å². The van der Waals surface area contributed by atoms with Gasteiger partial charge in [0.1, 0.15) is 11.6 Å². The van der Waals surface area contributed by atoms with Crippen molar-refractivity contribution in [1.29, 1.82) is 0 Å². The second kappa shape index (κ2) is 9.77. The van der Waals surface area contributed by atoms with Gasteiger partial charge in [-0.3, -0.25) is 14.4 Å². The van der Waals surface area contributed by atoms with E-state index in [0.29, 0.717) is 60.7 Å². The van der Waals surface area contributed by atoms with Gasteiger partial charge in [-0.2, -0.15) is 0 Å². The van der Waals surface area contributed by atoms with Gasteiger partial charge in [0.2, 0.25) is 5.91 Å². The average Bonchev–Trinajstić information content (AvgIpc) is 2.84. The van der Waals surface area contributed by atoms with Crippen molar-refractivity contribution in [3.05, 3.63) is 82.0 Å². The van der Waals surface area contributed by atoms with Crippen LogP contribution in [0.2, 0.25) is 0 Å². The first-order chi connectivity index (χ1) is 15.9. The Bertz CT molecular complexity index is 1210. The van der Waals surface area contributed by atoms with Crippen LogP contribution in [-0.4, -0.2) is 39.8 Å². The molecule has 1 aromatic heterocycles. The predicted octanol–water partition coefficient (Wildman–Crippen LogP) is 3.63. The molecule has 8 heteroatoms. The highest BCUT2D eigenvalue weighted by atomic mass is 19.1. The van der Waals surface area contributed by atoms with Gasteiger partial charge in [0, 0.05) is 47.6 Å². The maximum atomic E-state index is 13.1. The summed E-state index contributed by atoms with van der Waals surface area (Å²) in [5.74, 6) is -0.399. The van der Waals surface area contributed by atoms with E-state index in [9.17, 15) is 18.8 Å². The lowest BCUT2D eigenvalue weighted by molar-refractivity contribution is -0.121. The van der Waals surface area contributed by atoms with E-state index in [1.54, 1.807) is 23.1 Å².